The summed E-state index contributed by atoms with van der Waals surface area (Å²) in [6.07, 6.45) is 1.96. The normalized spacial score (nSPS) is 14.2. The molecule has 1 heterocycles. The molecule has 0 saturated heterocycles. The number of carbonyl (C=O) groups is 1. The Bertz CT molecular complexity index is 1010. The van der Waals surface area contributed by atoms with Crippen LogP contribution in [0.5, 0.6) is 0 Å². The Kier molecular flexibility index (Phi) is 6.44. The predicted molar refractivity (Wildman–Crippen MR) is 117 cm³/mol. The van der Waals surface area contributed by atoms with E-state index < -0.39 is 10.0 Å². The van der Waals surface area contributed by atoms with Gasteiger partial charge in [0.05, 0.1) is 11.3 Å². The molecule has 0 N–H and O–H groups in total. The van der Waals surface area contributed by atoms with Crippen molar-refractivity contribution in [2.24, 2.45) is 0 Å². The van der Waals surface area contributed by atoms with E-state index in [1.807, 2.05) is 30.9 Å². The van der Waals surface area contributed by atoms with Gasteiger partial charge < -0.3 is 4.90 Å². The van der Waals surface area contributed by atoms with Gasteiger partial charge in [-0.2, -0.15) is 4.31 Å². The molecule has 2 aromatic carbocycles. The number of anilines is 1. The highest BCUT2D eigenvalue weighted by molar-refractivity contribution is 7.89. The lowest BCUT2D eigenvalue weighted by molar-refractivity contribution is -0.118. The maximum atomic E-state index is 13.0. The Morgan fingerprint density at radius 3 is 2.41 bits per heavy atom. The summed E-state index contributed by atoms with van der Waals surface area (Å²) in [4.78, 5) is 15.1. The molecule has 1 amide bonds. The Morgan fingerprint density at radius 1 is 1.03 bits per heavy atom. The fourth-order valence-electron chi connectivity index (χ4n) is 3.89. The second-order valence-corrected chi connectivity index (χ2v) is 9.56. The zero-order valence-electron chi connectivity index (χ0n) is 17.7. The number of carbonyl (C=O) groups excluding carboxylic acids is 1. The third kappa shape index (κ3) is 4.38. The van der Waals surface area contributed by atoms with Crippen LogP contribution >= 0.6 is 0 Å². The van der Waals surface area contributed by atoms with Crippen LogP contribution in [0.25, 0.3) is 0 Å². The molecule has 0 atom stereocenters. The first kappa shape index (κ1) is 21.5. The number of fused-ring (bicyclic) bond motifs is 1. The van der Waals surface area contributed by atoms with E-state index in [1.165, 1.54) is 15.4 Å². The largest absolute Gasteiger partial charge is 0.312 e. The fourth-order valence-corrected chi connectivity index (χ4v) is 5.40. The molecule has 156 valence electrons. The van der Waals surface area contributed by atoms with Gasteiger partial charge >= 0.3 is 0 Å². The molecule has 2 aromatic rings. The topological polar surface area (TPSA) is 57.7 Å². The van der Waals surface area contributed by atoms with E-state index in [4.69, 9.17) is 0 Å². The van der Waals surface area contributed by atoms with Crippen LogP contribution in [0, 0.1) is 13.8 Å². The van der Waals surface area contributed by atoms with Gasteiger partial charge in [-0.15, -0.1) is 0 Å². The van der Waals surface area contributed by atoms with Crippen molar-refractivity contribution in [2.45, 2.75) is 51.9 Å². The molecule has 0 aromatic heterocycles. The number of sulfonamides is 1. The summed E-state index contributed by atoms with van der Waals surface area (Å²) in [6, 6.07) is 11.3. The Labute approximate surface area is 174 Å². The first-order chi connectivity index (χ1) is 13.8. The minimum absolute atomic E-state index is 0.0496. The number of hydrogen-bond donors (Lipinski definition) is 0. The summed E-state index contributed by atoms with van der Waals surface area (Å²) in [6.45, 7) is 9.34. The van der Waals surface area contributed by atoms with E-state index in [9.17, 15) is 13.2 Å². The van der Waals surface area contributed by atoms with Crippen molar-refractivity contribution >= 4 is 21.6 Å². The van der Waals surface area contributed by atoms with Crippen molar-refractivity contribution in [1.29, 1.82) is 0 Å². The molecule has 0 unspecified atom stereocenters. The number of benzene rings is 2. The molecule has 0 spiro atoms. The lowest BCUT2D eigenvalue weighted by Gasteiger charge is -2.30. The first-order valence-electron chi connectivity index (χ1n) is 10.3. The van der Waals surface area contributed by atoms with Crippen LogP contribution in [0.3, 0.4) is 0 Å². The molecule has 0 radical (unpaired) electrons. The summed E-state index contributed by atoms with van der Waals surface area (Å²) in [5, 5.41) is 0. The molecule has 0 bridgehead atoms. The van der Waals surface area contributed by atoms with E-state index >= 15 is 0 Å². The van der Waals surface area contributed by atoms with Gasteiger partial charge in [0.25, 0.3) is 0 Å². The summed E-state index contributed by atoms with van der Waals surface area (Å²) < 4.78 is 27.1. The number of hydrogen-bond acceptors (Lipinski definition) is 3. The highest BCUT2D eigenvalue weighted by atomic mass is 32.2. The second-order valence-electron chi connectivity index (χ2n) is 7.62. The van der Waals surface area contributed by atoms with Crippen molar-refractivity contribution in [3.8, 4) is 0 Å². The third-order valence-corrected chi connectivity index (χ3v) is 7.79. The molecule has 5 nitrogen and oxygen atoms in total. The minimum Gasteiger partial charge on any atom is -0.312 e. The molecule has 3 rings (SSSR count). The van der Waals surface area contributed by atoms with Gasteiger partial charge in [-0.25, -0.2) is 8.42 Å². The van der Waals surface area contributed by atoms with E-state index in [0.717, 1.165) is 29.7 Å². The van der Waals surface area contributed by atoms with Crippen LogP contribution in [-0.4, -0.2) is 38.3 Å². The number of rotatable bonds is 6. The third-order valence-electron chi connectivity index (χ3n) is 5.74. The maximum Gasteiger partial charge on any atom is 0.243 e. The van der Waals surface area contributed by atoms with Gasteiger partial charge in [-0.05, 0) is 67.1 Å². The van der Waals surface area contributed by atoms with Crippen LogP contribution in [-0.2, 0) is 27.7 Å². The van der Waals surface area contributed by atoms with Gasteiger partial charge in [0.1, 0.15) is 0 Å². The number of nitrogens with zero attached hydrogens (tertiary/aromatic N) is 2. The Hall–Kier alpha value is -2.18. The highest BCUT2D eigenvalue weighted by Gasteiger charge is 2.27. The fraction of sp³-hybridized carbons (Fsp3) is 0.435. The first-order valence-corrected chi connectivity index (χ1v) is 11.7. The van der Waals surface area contributed by atoms with Crippen LogP contribution in [0.1, 0.15) is 42.5 Å². The van der Waals surface area contributed by atoms with Crippen molar-refractivity contribution in [1.82, 2.24) is 4.31 Å². The van der Waals surface area contributed by atoms with Crippen LogP contribution < -0.4 is 4.90 Å². The minimum atomic E-state index is -3.50. The molecule has 0 aliphatic carbocycles. The molecule has 29 heavy (non-hydrogen) atoms. The Morgan fingerprint density at radius 2 is 1.76 bits per heavy atom. The van der Waals surface area contributed by atoms with Crippen LogP contribution in [0.15, 0.2) is 41.3 Å². The smallest absolute Gasteiger partial charge is 0.243 e. The highest BCUT2D eigenvalue weighted by Crippen LogP contribution is 2.31. The standard InChI is InChI=1S/C23H30N2O3S/c1-5-24(6-2)29(27,28)21-11-12-22-20(16-21)8-7-13-25(22)23(26)15-19-10-9-17(3)18(4)14-19/h9-12,14,16H,5-8,13,15H2,1-4H3. The SMILES string of the molecule is CCN(CC)S(=O)(=O)c1ccc2c(c1)CCCN2C(=O)Cc1ccc(C)c(C)c1. The van der Waals surface area contributed by atoms with Gasteiger partial charge in [-0.3, -0.25) is 4.79 Å². The summed E-state index contributed by atoms with van der Waals surface area (Å²) in [5.74, 6) is 0.0496. The van der Waals surface area contributed by atoms with Gasteiger partial charge in [0.2, 0.25) is 15.9 Å². The van der Waals surface area contributed by atoms with Crippen molar-refractivity contribution in [3.63, 3.8) is 0 Å². The average Bonchev–Trinajstić information content (AvgIpc) is 2.70. The molecule has 6 heteroatoms. The quantitative estimate of drug-likeness (QED) is 0.721. The summed E-state index contributed by atoms with van der Waals surface area (Å²) in [5.41, 5.74) is 5.17. The predicted octanol–water partition coefficient (Wildman–Crippen LogP) is 3.86. The average molecular weight is 415 g/mol. The van der Waals surface area contributed by atoms with E-state index in [-0.39, 0.29) is 5.91 Å². The molecule has 0 saturated carbocycles. The second kappa shape index (κ2) is 8.67. The molecule has 1 aliphatic rings. The lowest BCUT2D eigenvalue weighted by atomic mass is 10.00. The zero-order chi connectivity index (χ0) is 21.2. The van der Waals surface area contributed by atoms with E-state index in [1.54, 1.807) is 18.2 Å². The lowest BCUT2D eigenvalue weighted by Crippen LogP contribution is -2.37. The molecular formula is C23H30N2O3S. The molecular weight excluding hydrogens is 384 g/mol. The molecule has 0 fully saturated rings. The van der Waals surface area contributed by atoms with Gasteiger partial charge in [0.15, 0.2) is 0 Å². The van der Waals surface area contributed by atoms with Gasteiger partial charge in [0, 0.05) is 25.3 Å². The van der Waals surface area contributed by atoms with E-state index in [2.05, 4.69) is 19.9 Å². The summed E-state index contributed by atoms with van der Waals surface area (Å²) in [7, 11) is -3.50. The monoisotopic (exact) mass is 414 g/mol. The Balaban J connectivity index is 1.87. The maximum absolute atomic E-state index is 13.0. The zero-order valence-corrected chi connectivity index (χ0v) is 18.6. The van der Waals surface area contributed by atoms with Crippen molar-refractivity contribution in [3.05, 3.63) is 58.7 Å². The number of aryl methyl sites for hydroxylation is 3. The van der Waals surface area contributed by atoms with E-state index in [0.29, 0.717) is 31.0 Å². The van der Waals surface area contributed by atoms with Crippen LogP contribution in [0.2, 0.25) is 0 Å². The summed E-state index contributed by atoms with van der Waals surface area (Å²) >= 11 is 0. The molecule has 1 aliphatic heterocycles. The van der Waals surface area contributed by atoms with Gasteiger partial charge in [-0.1, -0.05) is 32.0 Å². The van der Waals surface area contributed by atoms with Crippen molar-refractivity contribution < 1.29 is 13.2 Å². The number of amides is 1. The van der Waals surface area contributed by atoms with Crippen LogP contribution in [0.4, 0.5) is 5.69 Å². The van der Waals surface area contributed by atoms with Crippen molar-refractivity contribution in [2.75, 3.05) is 24.5 Å².